The quantitative estimate of drug-likeness (QED) is 0.676. The lowest BCUT2D eigenvalue weighted by Gasteiger charge is -2.10. The molecule has 134 valence electrons. The summed E-state index contributed by atoms with van der Waals surface area (Å²) >= 11 is 1.32. The van der Waals surface area contributed by atoms with Gasteiger partial charge in [-0.2, -0.15) is 0 Å². The first-order valence-electron chi connectivity index (χ1n) is 8.14. The molecular formula is C19H19FN4OS. The first-order chi connectivity index (χ1) is 12.5. The van der Waals surface area contributed by atoms with Crippen LogP contribution in [-0.4, -0.2) is 26.4 Å². The fraction of sp³-hybridized carbons (Fsp3) is 0.211. The van der Waals surface area contributed by atoms with Crippen molar-refractivity contribution in [3.8, 4) is 5.69 Å². The lowest BCUT2D eigenvalue weighted by Crippen LogP contribution is -2.24. The summed E-state index contributed by atoms with van der Waals surface area (Å²) in [4.78, 5) is 12.1. The van der Waals surface area contributed by atoms with Crippen molar-refractivity contribution in [2.45, 2.75) is 25.5 Å². The average Bonchev–Trinajstić information content (AvgIpc) is 3.08. The topological polar surface area (TPSA) is 59.8 Å². The van der Waals surface area contributed by atoms with Crippen LogP contribution in [-0.2, 0) is 11.3 Å². The SMILES string of the molecule is Cc1ccc(-n2cnnc2SCC(=O)NCc2ccc(F)cc2)c(C)c1. The second kappa shape index (κ2) is 8.14. The number of amides is 1. The molecule has 0 atom stereocenters. The number of nitrogens with zero attached hydrogens (tertiary/aromatic N) is 3. The van der Waals surface area contributed by atoms with Crippen molar-refractivity contribution in [2.75, 3.05) is 5.75 Å². The van der Waals surface area contributed by atoms with Crippen molar-refractivity contribution in [1.82, 2.24) is 20.1 Å². The van der Waals surface area contributed by atoms with Crippen LogP contribution in [0, 0.1) is 19.7 Å². The molecule has 0 spiro atoms. The van der Waals surface area contributed by atoms with Crippen LogP contribution in [0.3, 0.4) is 0 Å². The van der Waals surface area contributed by atoms with E-state index in [4.69, 9.17) is 0 Å². The van der Waals surface area contributed by atoms with E-state index in [0.29, 0.717) is 11.7 Å². The minimum absolute atomic E-state index is 0.116. The van der Waals surface area contributed by atoms with Crippen LogP contribution in [0.15, 0.2) is 53.9 Å². The summed E-state index contributed by atoms with van der Waals surface area (Å²) in [5, 5.41) is 11.6. The Morgan fingerprint density at radius 3 is 2.69 bits per heavy atom. The number of nitrogens with one attached hydrogen (secondary N) is 1. The van der Waals surface area contributed by atoms with Crippen molar-refractivity contribution in [3.63, 3.8) is 0 Å². The molecule has 0 fully saturated rings. The number of benzene rings is 2. The molecule has 2 aromatic carbocycles. The van der Waals surface area contributed by atoms with Crippen molar-refractivity contribution >= 4 is 17.7 Å². The molecule has 7 heteroatoms. The minimum atomic E-state index is -0.290. The number of hydrogen-bond acceptors (Lipinski definition) is 4. The number of aryl methyl sites for hydroxylation is 2. The van der Waals surface area contributed by atoms with Crippen LogP contribution in [0.4, 0.5) is 4.39 Å². The number of carbonyl (C=O) groups excluding carboxylic acids is 1. The zero-order valence-electron chi connectivity index (χ0n) is 14.6. The third kappa shape index (κ3) is 4.49. The molecule has 0 unspecified atom stereocenters. The maximum atomic E-state index is 12.9. The number of halogens is 1. The van der Waals surface area contributed by atoms with Gasteiger partial charge in [-0.15, -0.1) is 10.2 Å². The highest BCUT2D eigenvalue weighted by Crippen LogP contribution is 2.22. The predicted octanol–water partition coefficient (Wildman–Crippen LogP) is 3.43. The van der Waals surface area contributed by atoms with E-state index >= 15 is 0 Å². The van der Waals surface area contributed by atoms with Gasteiger partial charge in [-0.05, 0) is 43.2 Å². The highest BCUT2D eigenvalue weighted by molar-refractivity contribution is 7.99. The maximum Gasteiger partial charge on any atom is 0.230 e. The number of hydrogen-bond donors (Lipinski definition) is 1. The Balaban J connectivity index is 1.59. The van der Waals surface area contributed by atoms with Crippen LogP contribution in [0.25, 0.3) is 5.69 Å². The second-order valence-corrected chi connectivity index (χ2v) is 6.91. The van der Waals surface area contributed by atoms with Crippen molar-refractivity contribution in [2.24, 2.45) is 0 Å². The van der Waals surface area contributed by atoms with Crippen LogP contribution >= 0.6 is 11.8 Å². The minimum Gasteiger partial charge on any atom is -0.351 e. The molecule has 0 radical (unpaired) electrons. The Morgan fingerprint density at radius 2 is 1.96 bits per heavy atom. The zero-order chi connectivity index (χ0) is 18.5. The van der Waals surface area contributed by atoms with Gasteiger partial charge >= 0.3 is 0 Å². The number of aromatic nitrogens is 3. The molecule has 0 bridgehead atoms. The Hall–Kier alpha value is -2.67. The first kappa shape index (κ1) is 18.1. The summed E-state index contributed by atoms with van der Waals surface area (Å²) in [5.41, 5.74) is 4.15. The van der Waals surface area contributed by atoms with Gasteiger partial charge in [0.25, 0.3) is 0 Å². The molecule has 0 saturated heterocycles. The third-order valence-electron chi connectivity index (χ3n) is 3.86. The molecule has 1 amide bonds. The zero-order valence-corrected chi connectivity index (χ0v) is 15.4. The van der Waals surface area contributed by atoms with Gasteiger partial charge in [-0.3, -0.25) is 9.36 Å². The summed E-state index contributed by atoms with van der Waals surface area (Å²) in [5.74, 6) is -0.180. The van der Waals surface area contributed by atoms with Gasteiger partial charge < -0.3 is 5.32 Å². The highest BCUT2D eigenvalue weighted by atomic mass is 32.2. The molecule has 0 saturated carbocycles. The van der Waals surface area contributed by atoms with E-state index in [2.05, 4.69) is 21.6 Å². The van der Waals surface area contributed by atoms with Gasteiger partial charge in [0.1, 0.15) is 12.1 Å². The molecule has 1 heterocycles. The molecule has 3 rings (SSSR count). The molecule has 3 aromatic rings. The van der Waals surface area contributed by atoms with E-state index in [9.17, 15) is 9.18 Å². The maximum absolute atomic E-state index is 12.9. The van der Waals surface area contributed by atoms with Gasteiger partial charge in [-0.25, -0.2) is 4.39 Å². The standard InChI is InChI=1S/C19H19FN4OS/c1-13-3-8-17(14(2)9-13)24-12-22-23-19(24)26-11-18(25)21-10-15-4-6-16(20)7-5-15/h3-9,12H,10-11H2,1-2H3,(H,21,25). The van der Waals surface area contributed by atoms with Gasteiger partial charge in [0, 0.05) is 6.54 Å². The monoisotopic (exact) mass is 370 g/mol. The van der Waals surface area contributed by atoms with Crippen molar-refractivity contribution in [3.05, 3.63) is 71.3 Å². The Kier molecular flexibility index (Phi) is 5.68. The third-order valence-corrected chi connectivity index (χ3v) is 4.81. The van der Waals surface area contributed by atoms with Crippen LogP contribution in [0.1, 0.15) is 16.7 Å². The van der Waals surface area contributed by atoms with Gasteiger partial charge in [-0.1, -0.05) is 41.6 Å². The lowest BCUT2D eigenvalue weighted by molar-refractivity contribution is -0.118. The van der Waals surface area contributed by atoms with Crippen molar-refractivity contribution in [1.29, 1.82) is 0 Å². The molecule has 1 aromatic heterocycles. The molecule has 0 aliphatic rings. The smallest absolute Gasteiger partial charge is 0.230 e. The molecule has 1 N–H and O–H groups in total. The van der Waals surface area contributed by atoms with Crippen molar-refractivity contribution < 1.29 is 9.18 Å². The Labute approximate surface area is 155 Å². The fourth-order valence-corrected chi connectivity index (χ4v) is 3.30. The average molecular weight is 370 g/mol. The van der Waals surface area contributed by atoms with Crippen LogP contribution in [0.2, 0.25) is 0 Å². The lowest BCUT2D eigenvalue weighted by atomic mass is 10.1. The van der Waals surface area contributed by atoms with Crippen LogP contribution in [0.5, 0.6) is 0 Å². The highest BCUT2D eigenvalue weighted by Gasteiger charge is 2.11. The number of carbonyl (C=O) groups is 1. The Morgan fingerprint density at radius 1 is 1.19 bits per heavy atom. The summed E-state index contributed by atoms with van der Waals surface area (Å²) in [6.07, 6.45) is 1.65. The first-order valence-corrected chi connectivity index (χ1v) is 9.13. The summed E-state index contributed by atoms with van der Waals surface area (Å²) in [6, 6.07) is 12.2. The fourth-order valence-electron chi connectivity index (χ4n) is 2.55. The van der Waals surface area contributed by atoms with E-state index in [-0.39, 0.29) is 17.5 Å². The molecular weight excluding hydrogens is 351 g/mol. The molecule has 0 aliphatic heterocycles. The van der Waals surface area contributed by atoms with E-state index in [1.807, 2.05) is 30.5 Å². The summed E-state index contributed by atoms with van der Waals surface area (Å²) in [7, 11) is 0. The normalized spacial score (nSPS) is 10.7. The number of rotatable bonds is 6. The molecule has 0 aliphatic carbocycles. The molecule has 26 heavy (non-hydrogen) atoms. The summed E-state index contributed by atoms with van der Waals surface area (Å²) < 4.78 is 14.8. The summed E-state index contributed by atoms with van der Waals surface area (Å²) in [6.45, 7) is 4.44. The van der Waals surface area contributed by atoms with Gasteiger partial charge in [0.2, 0.25) is 5.91 Å². The Bertz CT molecular complexity index is 908. The van der Waals surface area contributed by atoms with E-state index in [1.54, 1.807) is 18.5 Å². The predicted molar refractivity (Wildman–Crippen MR) is 99.8 cm³/mol. The largest absolute Gasteiger partial charge is 0.351 e. The van der Waals surface area contributed by atoms with E-state index < -0.39 is 0 Å². The molecule has 5 nitrogen and oxygen atoms in total. The second-order valence-electron chi connectivity index (χ2n) is 5.97. The van der Waals surface area contributed by atoms with Gasteiger partial charge in [0.15, 0.2) is 5.16 Å². The van der Waals surface area contributed by atoms with Gasteiger partial charge in [0.05, 0.1) is 11.4 Å². The van der Waals surface area contributed by atoms with E-state index in [1.165, 1.54) is 29.5 Å². The van der Waals surface area contributed by atoms with Crippen LogP contribution < -0.4 is 5.32 Å². The number of thioether (sulfide) groups is 1. The van der Waals surface area contributed by atoms with E-state index in [0.717, 1.165) is 16.8 Å².